The largest absolute Gasteiger partial charge is 0.375 e. The Kier molecular flexibility index (Phi) is 5.79. The van der Waals surface area contributed by atoms with Crippen LogP contribution in [0.5, 0.6) is 0 Å². The van der Waals surface area contributed by atoms with Crippen LogP contribution in [0.2, 0.25) is 5.02 Å². The second-order valence-corrected chi connectivity index (χ2v) is 4.98. The predicted octanol–water partition coefficient (Wildman–Crippen LogP) is 3.47. The Labute approximate surface area is 110 Å². The average Bonchev–Trinajstić information content (AvgIpc) is 2.31. The van der Waals surface area contributed by atoms with E-state index in [0.717, 1.165) is 36.4 Å². The number of nitrogens with zero attached hydrogens (tertiary/aromatic N) is 1. The van der Waals surface area contributed by atoms with Crippen LogP contribution < -0.4 is 10.6 Å². The maximum absolute atomic E-state index is 6.29. The highest BCUT2D eigenvalue weighted by atomic mass is 35.5. The molecule has 3 heteroatoms. The summed E-state index contributed by atoms with van der Waals surface area (Å²) < 4.78 is 0. The second kappa shape index (κ2) is 6.87. The zero-order valence-corrected chi connectivity index (χ0v) is 11.8. The van der Waals surface area contributed by atoms with Gasteiger partial charge in [-0.1, -0.05) is 31.5 Å². The van der Waals surface area contributed by atoms with Gasteiger partial charge in [-0.25, -0.2) is 0 Å². The minimum absolute atomic E-state index is 0.201. The molecule has 1 rings (SSSR count). The van der Waals surface area contributed by atoms with E-state index in [1.165, 1.54) is 5.69 Å². The molecular weight excluding hydrogens is 232 g/mol. The topological polar surface area (TPSA) is 29.3 Å². The molecule has 0 amide bonds. The molecule has 0 aliphatic rings. The van der Waals surface area contributed by atoms with Crippen molar-refractivity contribution in [3.63, 3.8) is 0 Å². The fourth-order valence-corrected chi connectivity index (χ4v) is 2.08. The van der Waals surface area contributed by atoms with Crippen LogP contribution >= 0.6 is 11.6 Å². The summed E-state index contributed by atoms with van der Waals surface area (Å²) in [6.45, 7) is 5.32. The van der Waals surface area contributed by atoms with Crippen molar-refractivity contribution in [2.45, 2.75) is 39.2 Å². The van der Waals surface area contributed by atoms with Gasteiger partial charge in [0, 0.05) is 30.3 Å². The Hall–Kier alpha value is -0.730. The minimum atomic E-state index is 0.201. The third-order valence-corrected chi connectivity index (χ3v) is 3.39. The van der Waals surface area contributed by atoms with Gasteiger partial charge < -0.3 is 10.6 Å². The number of hydrogen-bond donors (Lipinski definition) is 1. The van der Waals surface area contributed by atoms with Gasteiger partial charge >= 0.3 is 0 Å². The van der Waals surface area contributed by atoms with E-state index in [1.54, 1.807) is 0 Å². The molecule has 0 aliphatic carbocycles. The van der Waals surface area contributed by atoms with E-state index in [4.69, 9.17) is 17.3 Å². The molecule has 0 spiro atoms. The lowest BCUT2D eigenvalue weighted by molar-refractivity contribution is 0.646. The van der Waals surface area contributed by atoms with Crippen LogP contribution in [0, 0.1) is 0 Å². The van der Waals surface area contributed by atoms with Crippen LogP contribution in [-0.2, 0) is 6.42 Å². The fourth-order valence-electron chi connectivity index (χ4n) is 1.83. The quantitative estimate of drug-likeness (QED) is 0.842. The second-order valence-electron chi connectivity index (χ2n) is 4.57. The fraction of sp³-hybridized carbons (Fsp3) is 0.571. The Balaban J connectivity index is 2.78. The summed E-state index contributed by atoms with van der Waals surface area (Å²) in [5.41, 5.74) is 8.27. The highest BCUT2D eigenvalue weighted by Gasteiger charge is 2.08. The molecule has 17 heavy (non-hydrogen) atoms. The van der Waals surface area contributed by atoms with Gasteiger partial charge in [-0.2, -0.15) is 0 Å². The molecule has 96 valence electrons. The SMILES string of the molecule is CCCN(C)c1ccc(CC(N)CC)c(Cl)c1. The van der Waals surface area contributed by atoms with Gasteiger partial charge in [0.05, 0.1) is 0 Å². The summed E-state index contributed by atoms with van der Waals surface area (Å²) in [4.78, 5) is 2.22. The van der Waals surface area contributed by atoms with E-state index in [9.17, 15) is 0 Å². The molecule has 1 aromatic rings. The van der Waals surface area contributed by atoms with Gasteiger partial charge in [0.1, 0.15) is 0 Å². The van der Waals surface area contributed by atoms with Gasteiger partial charge in [0.25, 0.3) is 0 Å². The van der Waals surface area contributed by atoms with Gasteiger partial charge in [0.2, 0.25) is 0 Å². The monoisotopic (exact) mass is 254 g/mol. The van der Waals surface area contributed by atoms with Crippen molar-refractivity contribution in [1.29, 1.82) is 0 Å². The summed E-state index contributed by atoms with van der Waals surface area (Å²) in [6.07, 6.45) is 2.97. The lowest BCUT2D eigenvalue weighted by atomic mass is 10.0. The molecule has 1 atom stereocenters. The molecule has 0 saturated carbocycles. The smallest absolute Gasteiger partial charge is 0.0459 e. The number of halogens is 1. The molecule has 0 fully saturated rings. The van der Waals surface area contributed by atoms with Gasteiger partial charge in [0.15, 0.2) is 0 Å². The highest BCUT2D eigenvalue weighted by Crippen LogP contribution is 2.24. The molecule has 2 nitrogen and oxygen atoms in total. The van der Waals surface area contributed by atoms with Crippen LogP contribution in [0.3, 0.4) is 0 Å². The number of nitrogens with two attached hydrogens (primary N) is 1. The van der Waals surface area contributed by atoms with Gasteiger partial charge in [-0.05, 0) is 37.0 Å². The van der Waals surface area contributed by atoms with Crippen molar-refractivity contribution in [1.82, 2.24) is 0 Å². The minimum Gasteiger partial charge on any atom is -0.375 e. The third kappa shape index (κ3) is 4.21. The zero-order chi connectivity index (χ0) is 12.8. The first-order valence-electron chi connectivity index (χ1n) is 6.33. The Morgan fingerprint density at radius 1 is 1.35 bits per heavy atom. The van der Waals surface area contributed by atoms with E-state index in [1.807, 2.05) is 6.07 Å². The van der Waals surface area contributed by atoms with Crippen LogP contribution in [0.15, 0.2) is 18.2 Å². The average molecular weight is 255 g/mol. The molecular formula is C14H23ClN2. The Morgan fingerprint density at radius 2 is 2.06 bits per heavy atom. The zero-order valence-electron chi connectivity index (χ0n) is 11.0. The van der Waals surface area contributed by atoms with Crippen LogP contribution in [0.4, 0.5) is 5.69 Å². The van der Waals surface area contributed by atoms with Crippen molar-refractivity contribution in [2.24, 2.45) is 5.73 Å². The van der Waals surface area contributed by atoms with E-state index in [2.05, 4.69) is 37.9 Å². The van der Waals surface area contributed by atoms with E-state index in [-0.39, 0.29) is 6.04 Å². The third-order valence-electron chi connectivity index (χ3n) is 3.04. The number of hydrogen-bond acceptors (Lipinski definition) is 2. The van der Waals surface area contributed by atoms with Crippen molar-refractivity contribution in [2.75, 3.05) is 18.5 Å². The maximum Gasteiger partial charge on any atom is 0.0459 e. The van der Waals surface area contributed by atoms with Crippen molar-refractivity contribution in [3.8, 4) is 0 Å². The maximum atomic E-state index is 6.29. The Bertz CT molecular complexity index is 352. The highest BCUT2D eigenvalue weighted by molar-refractivity contribution is 6.31. The molecule has 0 bridgehead atoms. The molecule has 0 radical (unpaired) electrons. The van der Waals surface area contributed by atoms with E-state index >= 15 is 0 Å². The predicted molar refractivity (Wildman–Crippen MR) is 77.0 cm³/mol. The summed E-state index contributed by atoms with van der Waals surface area (Å²) in [5, 5.41) is 0.828. The van der Waals surface area contributed by atoms with Gasteiger partial charge in [-0.3, -0.25) is 0 Å². The molecule has 0 aromatic heterocycles. The molecule has 2 N–H and O–H groups in total. The van der Waals surface area contributed by atoms with Crippen molar-refractivity contribution in [3.05, 3.63) is 28.8 Å². The molecule has 1 aromatic carbocycles. The summed E-state index contributed by atoms with van der Waals surface area (Å²) >= 11 is 6.29. The molecule has 0 aliphatic heterocycles. The first kappa shape index (κ1) is 14.3. The van der Waals surface area contributed by atoms with Gasteiger partial charge in [-0.15, -0.1) is 0 Å². The van der Waals surface area contributed by atoms with Crippen molar-refractivity contribution >= 4 is 17.3 Å². The van der Waals surface area contributed by atoms with Crippen LogP contribution in [0.25, 0.3) is 0 Å². The molecule has 0 heterocycles. The first-order chi connectivity index (χ1) is 8.08. The number of anilines is 1. The lowest BCUT2D eigenvalue weighted by Crippen LogP contribution is -2.22. The molecule has 1 unspecified atom stereocenters. The summed E-state index contributed by atoms with van der Waals surface area (Å²) in [7, 11) is 2.09. The van der Waals surface area contributed by atoms with E-state index in [0.29, 0.717) is 0 Å². The lowest BCUT2D eigenvalue weighted by Gasteiger charge is -2.20. The normalized spacial score (nSPS) is 12.5. The van der Waals surface area contributed by atoms with Crippen LogP contribution in [0.1, 0.15) is 32.3 Å². The standard InChI is InChI=1S/C14H23ClN2/c1-4-8-17(3)13-7-6-11(14(15)10-13)9-12(16)5-2/h6-7,10,12H,4-5,8-9,16H2,1-3H3. The number of benzene rings is 1. The number of rotatable bonds is 6. The van der Waals surface area contributed by atoms with E-state index < -0.39 is 0 Å². The first-order valence-corrected chi connectivity index (χ1v) is 6.71. The van der Waals surface area contributed by atoms with Crippen LogP contribution in [-0.4, -0.2) is 19.6 Å². The summed E-state index contributed by atoms with van der Waals surface area (Å²) in [5.74, 6) is 0. The van der Waals surface area contributed by atoms with Crippen molar-refractivity contribution < 1.29 is 0 Å². The Morgan fingerprint density at radius 3 is 2.59 bits per heavy atom. The summed E-state index contributed by atoms with van der Waals surface area (Å²) in [6, 6.07) is 6.46. The molecule has 0 saturated heterocycles.